The number of hydrogen-bond donors (Lipinski definition) is 2. The van der Waals surface area contributed by atoms with Crippen molar-refractivity contribution >= 4 is 11.9 Å². The molecule has 1 aromatic heterocycles. The van der Waals surface area contributed by atoms with Gasteiger partial charge in [0.15, 0.2) is 0 Å². The highest BCUT2D eigenvalue weighted by Gasteiger charge is 2.48. The zero-order valence-electron chi connectivity index (χ0n) is 16.8. The first kappa shape index (κ1) is 19.4. The predicted octanol–water partition coefficient (Wildman–Crippen LogP) is 1.68. The molecule has 2 N–H and O–H groups in total. The van der Waals surface area contributed by atoms with Crippen molar-refractivity contribution in [3.63, 3.8) is 0 Å². The minimum Gasteiger partial charge on any atom is -0.372 e. The van der Waals surface area contributed by atoms with E-state index in [1.165, 1.54) is 5.69 Å². The summed E-state index contributed by atoms with van der Waals surface area (Å²) in [6, 6.07) is 1.71. The molecule has 0 aromatic carbocycles. The van der Waals surface area contributed by atoms with Gasteiger partial charge in [-0.1, -0.05) is 0 Å². The summed E-state index contributed by atoms with van der Waals surface area (Å²) in [7, 11) is 0. The van der Waals surface area contributed by atoms with Crippen molar-refractivity contribution in [2.45, 2.75) is 57.7 Å². The Labute approximate surface area is 166 Å². The highest BCUT2D eigenvalue weighted by Crippen LogP contribution is 2.36. The number of nitrogens with one attached hydrogen (secondary N) is 2. The third-order valence-corrected chi connectivity index (χ3v) is 6.75. The van der Waals surface area contributed by atoms with Crippen LogP contribution in [-0.4, -0.2) is 58.4 Å². The maximum atomic E-state index is 12.2. The predicted molar refractivity (Wildman–Crippen MR) is 104 cm³/mol. The van der Waals surface area contributed by atoms with Crippen LogP contribution in [0.3, 0.4) is 0 Å². The van der Waals surface area contributed by atoms with Gasteiger partial charge in [-0.3, -0.25) is 14.8 Å². The Morgan fingerprint density at radius 3 is 2.75 bits per heavy atom. The Kier molecular flexibility index (Phi) is 5.42. The molecule has 0 saturated carbocycles. The van der Waals surface area contributed by atoms with E-state index < -0.39 is 5.54 Å². The summed E-state index contributed by atoms with van der Waals surface area (Å²) in [5.74, 6) is 0.442. The minimum atomic E-state index is -0.771. The molecule has 4 rings (SSSR count). The van der Waals surface area contributed by atoms with Crippen molar-refractivity contribution in [3.05, 3.63) is 18.0 Å². The summed E-state index contributed by atoms with van der Waals surface area (Å²) in [6.45, 7) is 8.51. The number of ether oxygens (including phenoxy) is 1. The van der Waals surface area contributed by atoms with E-state index in [0.29, 0.717) is 5.92 Å². The number of carbonyl (C=O) groups excluding carboxylic acids is 2. The van der Waals surface area contributed by atoms with Gasteiger partial charge in [0, 0.05) is 31.8 Å². The molecule has 28 heavy (non-hydrogen) atoms. The van der Waals surface area contributed by atoms with Crippen LogP contribution < -0.4 is 10.6 Å². The lowest BCUT2D eigenvalue weighted by molar-refractivity contribution is -0.126. The monoisotopic (exact) mass is 389 g/mol. The molecule has 3 aliphatic rings. The Morgan fingerprint density at radius 1 is 1.29 bits per heavy atom. The van der Waals surface area contributed by atoms with Crippen LogP contribution in [0.5, 0.6) is 0 Å². The number of carbonyl (C=O) groups is 2. The lowest BCUT2D eigenvalue weighted by Crippen LogP contribution is -2.54. The zero-order valence-corrected chi connectivity index (χ0v) is 16.8. The van der Waals surface area contributed by atoms with Gasteiger partial charge in [-0.25, -0.2) is 4.79 Å². The van der Waals surface area contributed by atoms with Gasteiger partial charge in [0.2, 0.25) is 0 Å². The van der Waals surface area contributed by atoms with E-state index >= 15 is 0 Å². The van der Waals surface area contributed by atoms with Crippen LogP contribution in [0, 0.1) is 11.8 Å². The molecular formula is C20H31N5O3. The Hall–Kier alpha value is -1.93. The van der Waals surface area contributed by atoms with Crippen LogP contribution in [0.15, 0.2) is 12.3 Å². The van der Waals surface area contributed by atoms with Gasteiger partial charge in [-0.2, -0.15) is 5.10 Å². The summed E-state index contributed by atoms with van der Waals surface area (Å²) in [5.41, 5.74) is 0.410. The second-order valence-electron chi connectivity index (χ2n) is 8.45. The number of hydrogen-bond acceptors (Lipinski definition) is 5. The SMILES string of the molecule is CCn1nccc1[C@@H]1OCCC[C@H]1CN1CCC(C2(C)NC(=O)NC2=O)CC1. The topological polar surface area (TPSA) is 88.5 Å². The number of aryl methyl sites for hydroxylation is 1. The zero-order chi connectivity index (χ0) is 19.7. The molecule has 1 aromatic rings. The standard InChI is InChI=1S/C20H31N5O3/c1-3-25-16(6-9-21-25)17-14(5-4-12-28-17)13-24-10-7-15(8-11-24)20(2)18(26)22-19(27)23-20/h6,9,14-15,17H,3-5,7-8,10-13H2,1-2H3,(H2,22,23,26,27)/t14-,17+,20?/m0/s1. The average molecular weight is 390 g/mol. The summed E-state index contributed by atoms with van der Waals surface area (Å²) in [6.07, 6.45) is 6.05. The van der Waals surface area contributed by atoms with Crippen LogP contribution >= 0.6 is 0 Å². The molecule has 154 valence electrons. The van der Waals surface area contributed by atoms with E-state index in [4.69, 9.17) is 4.74 Å². The van der Waals surface area contributed by atoms with Crippen molar-refractivity contribution in [3.8, 4) is 0 Å². The highest BCUT2D eigenvalue weighted by atomic mass is 16.5. The molecule has 0 bridgehead atoms. The first-order valence-electron chi connectivity index (χ1n) is 10.5. The van der Waals surface area contributed by atoms with Crippen LogP contribution in [0.2, 0.25) is 0 Å². The van der Waals surface area contributed by atoms with Gasteiger partial charge in [0.05, 0.1) is 5.69 Å². The first-order valence-corrected chi connectivity index (χ1v) is 10.5. The van der Waals surface area contributed by atoms with Crippen molar-refractivity contribution in [1.29, 1.82) is 0 Å². The number of likely N-dealkylation sites (tertiary alicyclic amines) is 1. The van der Waals surface area contributed by atoms with Gasteiger partial charge in [0.25, 0.3) is 5.91 Å². The van der Waals surface area contributed by atoms with E-state index in [9.17, 15) is 9.59 Å². The van der Waals surface area contributed by atoms with Crippen LogP contribution in [0.4, 0.5) is 4.79 Å². The maximum absolute atomic E-state index is 12.2. The van der Waals surface area contributed by atoms with E-state index in [1.807, 2.05) is 17.8 Å². The van der Waals surface area contributed by atoms with Gasteiger partial charge in [-0.15, -0.1) is 0 Å². The van der Waals surface area contributed by atoms with Crippen molar-refractivity contribution in [2.24, 2.45) is 11.8 Å². The van der Waals surface area contributed by atoms with Crippen molar-refractivity contribution in [2.75, 3.05) is 26.2 Å². The lowest BCUT2D eigenvalue weighted by atomic mass is 9.78. The third-order valence-electron chi connectivity index (χ3n) is 6.75. The minimum absolute atomic E-state index is 0.103. The molecule has 3 saturated heterocycles. The first-order chi connectivity index (χ1) is 13.5. The van der Waals surface area contributed by atoms with E-state index in [0.717, 1.165) is 58.5 Å². The van der Waals surface area contributed by atoms with Crippen LogP contribution in [-0.2, 0) is 16.1 Å². The third kappa shape index (κ3) is 3.55. The van der Waals surface area contributed by atoms with Crippen molar-refractivity contribution < 1.29 is 14.3 Å². The molecular weight excluding hydrogens is 358 g/mol. The molecule has 1 unspecified atom stereocenters. The van der Waals surface area contributed by atoms with Gasteiger partial charge >= 0.3 is 6.03 Å². The normalized spacial score (nSPS) is 32.4. The Balaban J connectivity index is 1.37. The van der Waals surface area contributed by atoms with E-state index in [2.05, 4.69) is 33.6 Å². The molecule has 0 radical (unpaired) electrons. The lowest BCUT2D eigenvalue weighted by Gasteiger charge is -2.41. The van der Waals surface area contributed by atoms with Gasteiger partial charge < -0.3 is 15.0 Å². The molecule has 3 aliphatic heterocycles. The summed E-state index contributed by atoms with van der Waals surface area (Å²) < 4.78 is 8.21. The molecule has 3 amide bonds. The van der Waals surface area contributed by atoms with Gasteiger partial charge in [0.1, 0.15) is 11.6 Å². The smallest absolute Gasteiger partial charge is 0.322 e. The van der Waals surface area contributed by atoms with Crippen LogP contribution in [0.25, 0.3) is 0 Å². The molecule has 8 heteroatoms. The average Bonchev–Trinajstić information content (AvgIpc) is 3.27. The summed E-state index contributed by atoms with van der Waals surface area (Å²) >= 11 is 0. The number of nitrogens with zero attached hydrogens (tertiary/aromatic N) is 3. The van der Waals surface area contributed by atoms with E-state index in [-0.39, 0.29) is 24.0 Å². The maximum Gasteiger partial charge on any atom is 0.322 e. The second-order valence-corrected chi connectivity index (χ2v) is 8.45. The number of urea groups is 1. The number of piperidine rings is 1. The fraction of sp³-hybridized carbons (Fsp3) is 0.750. The highest BCUT2D eigenvalue weighted by molar-refractivity contribution is 6.06. The van der Waals surface area contributed by atoms with Crippen molar-refractivity contribution in [1.82, 2.24) is 25.3 Å². The molecule has 8 nitrogen and oxygen atoms in total. The van der Waals surface area contributed by atoms with Gasteiger partial charge in [-0.05, 0) is 64.6 Å². The second kappa shape index (κ2) is 7.83. The Morgan fingerprint density at radius 2 is 2.07 bits per heavy atom. The molecule has 0 spiro atoms. The fourth-order valence-corrected chi connectivity index (χ4v) is 5.07. The number of amides is 3. The summed E-state index contributed by atoms with van der Waals surface area (Å²) in [5, 5.41) is 9.64. The molecule has 0 aliphatic carbocycles. The fourth-order valence-electron chi connectivity index (χ4n) is 5.07. The number of imide groups is 1. The largest absolute Gasteiger partial charge is 0.372 e. The quantitative estimate of drug-likeness (QED) is 0.748. The number of aromatic nitrogens is 2. The number of rotatable bonds is 5. The molecule has 3 fully saturated rings. The summed E-state index contributed by atoms with van der Waals surface area (Å²) in [4.78, 5) is 26.3. The molecule has 3 atom stereocenters. The van der Waals surface area contributed by atoms with Crippen LogP contribution in [0.1, 0.15) is 51.3 Å². The molecule has 4 heterocycles. The Bertz CT molecular complexity index is 727. The van der Waals surface area contributed by atoms with E-state index in [1.54, 1.807) is 0 Å².